The van der Waals surface area contributed by atoms with Gasteiger partial charge in [-0.2, -0.15) is 0 Å². The smallest absolute Gasteiger partial charge is 0.223 e. The van der Waals surface area contributed by atoms with Crippen LogP contribution >= 0.6 is 0 Å². The third-order valence-corrected chi connectivity index (χ3v) is 5.11. The minimum atomic E-state index is -0.885. The highest BCUT2D eigenvalue weighted by Gasteiger charge is 2.29. The fourth-order valence-corrected chi connectivity index (χ4v) is 3.56. The molecule has 0 aromatic heterocycles. The molecule has 0 spiro atoms. The van der Waals surface area contributed by atoms with E-state index in [-0.39, 0.29) is 23.7 Å². The quantitative estimate of drug-likeness (QED) is 0.838. The molecule has 1 aliphatic heterocycles. The second kappa shape index (κ2) is 8.57. The number of benzene rings is 2. The van der Waals surface area contributed by atoms with Gasteiger partial charge in [-0.1, -0.05) is 31.2 Å². The number of amides is 1. The number of carbonyl (C=O) groups is 1. The monoisotopic (exact) mass is 376 g/mol. The molecule has 1 saturated heterocycles. The highest BCUT2D eigenvalue weighted by molar-refractivity contribution is 5.79. The van der Waals surface area contributed by atoms with Crippen molar-refractivity contribution in [2.45, 2.75) is 31.7 Å². The minimum Gasteiger partial charge on any atom is -0.351 e. The van der Waals surface area contributed by atoms with E-state index >= 15 is 0 Å². The fraction of sp³-hybridized carbons (Fsp3) is 0.381. The number of halogens is 3. The molecule has 3 nitrogen and oxygen atoms in total. The zero-order chi connectivity index (χ0) is 19.4. The second-order valence-electron chi connectivity index (χ2n) is 7.08. The van der Waals surface area contributed by atoms with Gasteiger partial charge in [-0.05, 0) is 48.7 Å². The van der Waals surface area contributed by atoms with Gasteiger partial charge in [0.25, 0.3) is 0 Å². The highest BCUT2D eigenvalue weighted by atomic mass is 19.2. The summed E-state index contributed by atoms with van der Waals surface area (Å²) >= 11 is 0. The van der Waals surface area contributed by atoms with Crippen LogP contribution in [0.1, 0.15) is 30.4 Å². The number of piperidine rings is 1. The maximum Gasteiger partial charge on any atom is 0.223 e. The van der Waals surface area contributed by atoms with Crippen LogP contribution in [0.5, 0.6) is 0 Å². The fourth-order valence-electron chi connectivity index (χ4n) is 3.56. The summed E-state index contributed by atoms with van der Waals surface area (Å²) in [7, 11) is 0. The lowest BCUT2D eigenvalue weighted by Gasteiger charge is -2.34. The van der Waals surface area contributed by atoms with Crippen molar-refractivity contribution in [3.8, 4) is 0 Å². The van der Waals surface area contributed by atoms with Gasteiger partial charge < -0.3 is 10.6 Å². The molecule has 144 valence electrons. The predicted molar refractivity (Wildman–Crippen MR) is 97.8 cm³/mol. The molecule has 3 unspecified atom stereocenters. The van der Waals surface area contributed by atoms with Crippen molar-refractivity contribution in [2.24, 2.45) is 5.92 Å². The zero-order valence-corrected chi connectivity index (χ0v) is 15.1. The van der Waals surface area contributed by atoms with Gasteiger partial charge in [-0.15, -0.1) is 0 Å². The molecule has 0 aliphatic carbocycles. The Bertz CT molecular complexity index is 812. The van der Waals surface area contributed by atoms with E-state index in [0.29, 0.717) is 30.5 Å². The normalized spacial score (nSPS) is 20.9. The lowest BCUT2D eigenvalue weighted by atomic mass is 9.85. The van der Waals surface area contributed by atoms with Gasteiger partial charge in [0, 0.05) is 24.4 Å². The number of rotatable bonds is 5. The summed E-state index contributed by atoms with van der Waals surface area (Å²) in [6.07, 6.45) is 1.01. The summed E-state index contributed by atoms with van der Waals surface area (Å²) in [4.78, 5) is 12.6. The van der Waals surface area contributed by atoms with Crippen LogP contribution in [0.25, 0.3) is 0 Å². The van der Waals surface area contributed by atoms with Crippen molar-refractivity contribution in [2.75, 3.05) is 13.1 Å². The topological polar surface area (TPSA) is 41.1 Å². The Morgan fingerprint density at radius 2 is 1.93 bits per heavy atom. The molecule has 0 saturated carbocycles. The Labute approximate surface area is 157 Å². The second-order valence-corrected chi connectivity index (χ2v) is 7.08. The third kappa shape index (κ3) is 4.69. The summed E-state index contributed by atoms with van der Waals surface area (Å²) in [5, 5.41) is 6.22. The molecule has 2 aromatic rings. The summed E-state index contributed by atoms with van der Waals surface area (Å²) in [5.41, 5.74) is 1.17. The molecule has 1 aliphatic rings. The van der Waals surface area contributed by atoms with Gasteiger partial charge in [0.2, 0.25) is 5.91 Å². The maximum absolute atomic E-state index is 13.8. The SMILES string of the molecule is CC(Cc1ccccc1F)C(=O)NC1CNCCC1c1ccc(F)c(F)c1. The van der Waals surface area contributed by atoms with Crippen LogP contribution in [0.15, 0.2) is 42.5 Å². The van der Waals surface area contributed by atoms with Gasteiger partial charge in [0.1, 0.15) is 5.82 Å². The molecule has 1 fully saturated rings. The Morgan fingerprint density at radius 1 is 1.15 bits per heavy atom. The average Bonchev–Trinajstić information content (AvgIpc) is 2.66. The first kappa shape index (κ1) is 19.4. The van der Waals surface area contributed by atoms with E-state index in [1.807, 2.05) is 0 Å². The van der Waals surface area contributed by atoms with Crippen molar-refractivity contribution >= 4 is 5.91 Å². The molecule has 2 aromatic carbocycles. The molecule has 2 N–H and O–H groups in total. The van der Waals surface area contributed by atoms with Gasteiger partial charge in [-0.3, -0.25) is 4.79 Å². The van der Waals surface area contributed by atoms with Crippen LogP contribution in [-0.4, -0.2) is 25.0 Å². The highest BCUT2D eigenvalue weighted by Crippen LogP contribution is 2.27. The van der Waals surface area contributed by atoms with Crippen LogP contribution in [-0.2, 0) is 11.2 Å². The van der Waals surface area contributed by atoms with Crippen LogP contribution in [0.2, 0.25) is 0 Å². The maximum atomic E-state index is 13.8. The molecular weight excluding hydrogens is 353 g/mol. The van der Waals surface area contributed by atoms with E-state index < -0.39 is 17.6 Å². The van der Waals surface area contributed by atoms with E-state index in [2.05, 4.69) is 10.6 Å². The van der Waals surface area contributed by atoms with Gasteiger partial charge in [-0.25, -0.2) is 13.2 Å². The van der Waals surface area contributed by atoms with E-state index in [0.717, 1.165) is 12.6 Å². The van der Waals surface area contributed by atoms with Crippen molar-refractivity contribution in [1.82, 2.24) is 10.6 Å². The minimum absolute atomic E-state index is 0.106. The first-order chi connectivity index (χ1) is 13.0. The zero-order valence-electron chi connectivity index (χ0n) is 15.1. The van der Waals surface area contributed by atoms with Gasteiger partial charge >= 0.3 is 0 Å². The van der Waals surface area contributed by atoms with Crippen molar-refractivity contribution < 1.29 is 18.0 Å². The molecule has 3 rings (SSSR count). The van der Waals surface area contributed by atoms with Crippen molar-refractivity contribution in [3.63, 3.8) is 0 Å². The Hall–Kier alpha value is -2.34. The number of hydrogen-bond acceptors (Lipinski definition) is 2. The standard InChI is InChI=1S/C21H23F3N2O/c1-13(10-15-4-2-3-5-17(15)22)21(27)26-20-12-25-9-8-16(20)14-6-7-18(23)19(24)11-14/h2-7,11,13,16,20,25H,8-10,12H2,1H3,(H,26,27). The lowest BCUT2D eigenvalue weighted by Crippen LogP contribution is -2.51. The molecule has 1 heterocycles. The molecule has 1 amide bonds. The molecule has 3 atom stereocenters. The van der Waals surface area contributed by atoms with Crippen LogP contribution in [0.4, 0.5) is 13.2 Å². The Morgan fingerprint density at radius 3 is 2.67 bits per heavy atom. The Balaban J connectivity index is 1.69. The van der Waals surface area contributed by atoms with E-state index in [1.54, 1.807) is 31.2 Å². The first-order valence-corrected chi connectivity index (χ1v) is 9.15. The van der Waals surface area contributed by atoms with E-state index in [9.17, 15) is 18.0 Å². The predicted octanol–water partition coefficient (Wildman–Crippen LogP) is 3.54. The summed E-state index contributed by atoms with van der Waals surface area (Å²) in [6.45, 7) is 3.03. The molecule has 0 radical (unpaired) electrons. The van der Waals surface area contributed by atoms with E-state index in [4.69, 9.17) is 0 Å². The summed E-state index contributed by atoms with van der Waals surface area (Å²) in [5.74, 6) is -2.79. The van der Waals surface area contributed by atoms with Crippen LogP contribution in [0.3, 0.4) is 0 Å². The first-order valence-electron chi connectivity index (χ1n) is 9.15. The average molecular weight is 376 g/mol. The molecule has 27 heavy (non-hydrogen) atoms. The third-order valence-electron chi connectivity index (χ3n) is 5.11. The van der Waals surface area contributed by atoms with Gasteiger partial charge in [0.15, 0.2) is 11.6 Å². The van der Waals surface area contributed by atoms with Crippen LogP contribution in [0, 0.1) is 23.4 Å². The van der Waals surface area contributed by atoms with Crippen LogP contribution < -0.4 is 10.6 Å². The molecular formula is C21H23F3N2O. The molecule has 6 heteroatoms. The van der Waals surface area contributed by atoms with Crippen molar-refractivity contribution in [1.29, 1.82) is 0 Å². The molecule has 0 bridgehead atoms. The summed E-state index contributed by atoms with van der Waals surface area (Å²) in [6, 6.07) is 10.1. The Kier molecular flexibility index (Phi) is 6.16. The van der Waals surface area contributed by atoms with Crippen molar-refractivity contribution in [3.05, 3.63) is 71.0 Å². The number of hydrogen-bond donors (Lipinski definition) is 2. The summed E-state index contributed by atoms with van der Waals surface area (Å²) < 4.78 is 40.7. The largest absolute Gasteiger partial charge is 0.351 e. The van der Waals surface area contributed by atoms with E-state index in [1.165, 1.54) is 12.1 Å². The number of carbonyl (C=O) groups excluding carboxylic acids is 1. The lowest BCUT2D eigenvalue weighted by molar-refractivity contribution is -0.125. The number of nitrogens with one attached hydrogen (secondary N) is 2. The van der Waals surface area contributed by atoms with Gasteiger partial charge in [0.05, 0.1) is 0 Å².